The number of hydrogen-bond donors (Lipinski definition) is 2. The lowest BCUT2D eigenvalue weighted by Crippen LogP contribution is -2.20. The van der Waals surface area contributed by atoms with E-state index in [1.165, 1.54) is 0 Å². The van der Waals surface area contributed by atoms with Gasteiger partial charge < -0.3 is 10.2 Å². The van der Waals surface area contributed by atoms with Crippen molar-refractivity contribution in [3.8, 4) is 5.75 Å². The molecule has 0 aliphatic rings. The highest BCUT2D eigenvalue weighted by Crippen LogP contribution is 2.35. The number of phenolic OH excluding ortho intramolecular Hbond substituents is 1. The number of halogens is 4. The largest absolute Gasteiger partial charge is 0.507 e. The number of phenols is 1. The molecule has 0 aromatic heterocycles. The summed E-state index contributed by atoms with van der Waals surface area (Å²) in [6.45, 7) is 0. The molecule has 0 radical (unpaired) electrons. The summed E-state index contributed by atoms with van der Waals surface area (Å²) in [6, 6.07) is 3.11. The number of aliphatic hydroxyl groups excluding tert-OH is 1. The van der Waals surface area contributed by atoms with E-state index in [-0.39, 0.29) is 15.8 Å². The molecule has 1 aromatic carbocycles. The number of hydrogen-bond acceptors (Lipinski definition) is 2. The zero-order valence-corrected chi connectivity index (χ0v) is 8.30. The maximum atomic E-state index is 12.0. The molecule has 0 saturated carbocycles. The smallest absolute Gasteiger partial charge is 0.418 e. The fraction of sp³-hybridized carbons (Fsp3) is 0.250. The lowest BCUT2D eigenvalue weighted by Gasteiger charge is -2.15. The molecule has 1 aromatic rings. The Morgan fingerprint density at radius 2 is 1.86 bits per heavy atom. The summed E-state index contributed by atoms with van der Waals surface area (Å²) < 4.78 is 36.2. The van der Waals surface area contributed by atoms with Crippen LogP contribution in [0.3, 0.4) is 0 Å². The van der Waals surface area contributed by atoms with Gasteiger partial charge >= 0.3 is 6.18 Å². The van der Waals surface area contributed by atoms with Crippen LogP contribution in [0.15, 0.2) is 22.7 Å². The van der Waals surface area contributed by atoms with Gasteiger partial charge in [0, 0.05) is 0 Å². The molecule has 2 N–H and O–H groups in total. The Morgan fingerprint density at radius 1 is 1.29 bits per heavy atom. The summed E-state index contributed by atoms with van der Waals surface area (Å²) in [4.78, 5) is 0. The molecule has 0 bridgehead atoms. The predicted molar refractivity (Wildman–Crippen MR) is 46.8 cm³/mol. The first kappa shape index (κ1) is 11.3. The van der Waals surface area contributed by atoms with Crippen molar-refractivity contribution < 1.29 is 23.4 Å². The highest BCUT2D eigenvalue weighted by Gasteiger charge is 2.39. The molecule has 0 aliphatic carbocycles. The molecule has 0 aliphatic heterocycles. The van der Waals surface area contributed by atoms with Crippen molar-refractivity contribution in [3.63, 3.8) is 0 Å². The molecule has 14 heavy (non-hydrogen) atoms. The van der Waals surface area contributed by atoms with Gasteiger partial charge in [-0.15, -0.1) is 0 Å². The summed E-state index contributed by atoms with van der Waals surface area (Å²) in [5.74, 6) is -0.178. The Morgan fingerprint density at radius 3 is 2.29 bits per heavy atom. The van der Waals surface area contributed by atoms with Crippen molar-refractivity contribution in [2.45, 2.75) is 12.3 Å². The van der Waals surface area contributed by atoms with Crippen LogP contribution in [0, 0.1) is 0 Å². The molecule has 0 saturated heterocycles. The van der Waals surface area contributed by atoms with Gasteiger partial charge in [0.2, 0.25) is 0 Å². The summed E-state index contributed by atoms with van der Waals surface area (Å²) in [6.07, 6.45) is -7.23. The summed E-state index contributed by atoms with van der Waals surface area (Å²) >= 11 is 2.85. The number of rotatable bonds is 1. The normalized spacial score (nSPS) is 14.1. The average molecular weight is 271 g/mol. The van der Waals surface area contributed by atoms with Crippen LogP contribution in [-0.4, -0.2) is 16.4 Å². The summed E-state index contributed by atoms with van der Waals surface area (Å²) in [5.41, 5.74) is -0.317. The van der Waals surface area contributed by atoms with E-state index in [1.807, 2.05) is 0 Å². The Hall–Kier alpha value is -0.750. The lowest BCUT2D eigenvalue weighted by atomic mass is 10.1. The van der Waals surface area contributed by atoms with Gasteiger partial charge in [0.1, 0.15) is 5.75 Å². The summed E-state index contributed by atoms with van der Waals surface area (Å²) in [5, 5.41) is 17.9. The van der Waals surface area contributed by atoms with E-state index in [0.29, 0.717) is 0 Å². The van der Waals surface area contributed by atoms with Crippen LogP contribution in [-0.2, 0) is 0 Å². The van der Waals surface area contributed by atoms with E-state index in [9.17, 15) is 13.2 Å². The Labute approximate surface area is 86.1 Å². The summed E-state index contributed by atoms with van der Waals surface area (Å²) in [7, 11) is 0. The highest BCUT2D eigenvalue weighted by molar-refractivity contribution is 9.10. The molecule has 6 heteroatoms. The third kappa shape index (κ3) is 2.39. The lowest BCUT2D eigenvalue weighted by molar-refractivity contribution is -0.206. The fourth-order valence-electron chi connectivity index (χ4n) is 0.882. The molecule has 0 spiro atoms. The van der Waals surface area contributed by atoms with Crippen molar-refractivity contribution in [2.24, 2.45) is 0 Å². The number of aliphatic hydroxyl groups is 1. The molecule has 0 fully saturated rings. The molecule has 1 rings (SSSR count). The van der Waals surface area contributed by atoms with Crippen LogP contribution in [0.5, 0.6) is 5.75 Å². The second-order valence-electron chi connectivity index (χ2n) is 2.65. The minimum absolute atomic E-state index is 0.110. The Balaban J connectivity index is 3.03. The van der Waals surface area contributed by atoms with Gasteiger partial charge in [-0.2, -0.15) is 13.2 Å². The zero-order valence-electron chi connectivity index (χ0n) is 6.72. The molecule has 2 nitrogen and oxygen atoms in total. The van der Waals surface area contributed by atoms with Crippen molar-refractivity contribution in [3.05, 3.63) is 28.2 Å². The third-order valence-electron chi connectivity index (χ3n) is 1.60. The van der Waals surface area contributed by atoms with Gasteiger partial charge in [0.25, 0.3) is 0 Å². The second kappa shape index (κ2) is 3.78. The standard InChI is InChI=1S/C8H6BrF3O2/c9-5-3-4(1-2-6(5)13)7(14)8(10,11)12/h1-3,7,13-14H. The van der Waals surface area contributed by atoms with E-state index in [0.717, 1.165) is 18.2 Å². The van der Waals surface area contributed by atoms with E-state index in [2.05, 4.69) is 15.9 Å². The van der Waals surface area contributed by atoms with Crippen LogP contribution >= 0.6 is 15.9 Å². The minimum atomic E-state index is -4.70. The second-order valence-corrected chi connectivity index (χ2v) is 3.51. The maximum Gasteiger partial charge on any atom is 0.418 e. The van der Waals surface area contributed by atoms with Crippen molar-refractivity contribution in [1.82, 2.24) is 0 Å². The predicted octanol–water partition coefficient (Wildman–Crippen LogP) is 2.75. The van der Waals surface area contributed by atoms with Crippen molar-refractivity contribution >= 4 is 15.9 Å². The molecule has 78 valence electrons. The molecule has 0 amide bonds. The van der Waals surface area contributed by atoms with Gasteiger partial charge in [-0.05, 0) is 33.6 Å². The quantitative estimate of drug-likeness (QED) is 0.824. The number of benzene rings is 1. The van der Waals surface area contributed by atoms with Crippen LogP contribution < -0.4 is 0 Å². The van der Waals surface area contributed by atoms with E-state index < -0.39 is 12.3 Å². The van der Waals surface area contributed by atoms with Crippen molar-refractivity contribution in [1.29, 1.82) is 0 Å². The molecule has 1 atom stereocenters. The monoisotopic (exact) mass is 270 g/mol. The Bertz CT molecular complexity index is 338. The van der Waals surface area contributed by atoms with Crippen LogP contribution in [0.25, 0.3) is 0 Å². The number of alkyl halides is 3. The first-order chi connectivity index (χ1) is 6.32. The minimum Gasteiger partial charge on any atom is -0.507 e. The maximum absolute atomic E-state index is 12.0. The number of aromatic hydroxyl groups is 1. The SMILES string of the molecule is Oc1ccc(C(O)C(F)(F)F)cc1Br. The highest BCUT2D eigenvalue weighted by atomic mass is 79.9. The molecule has 0 heterocycles. The molecule has 1 unspecified atom stereocenters. The van der Waals surface area contributed by atoms with Gasteiger partial charge in [0.15, 0.2) is 6.10 Å². The van der Waals surface area contributed by atoms with Crippen molar-refractivity contribution in [2.75, 3.05) is 0 Å². The zero-order chi connectivity index (χ0) is 10.9. The molecular formula is C8H6BrF3O2. The van der Waals surface area contributed by atoms with Crippen LogP contribution in [0.2, 0.25) is 0 Å². The van der Waals surface area contributed by atoms with Crippen LogP contribution in [0.1, 0.15) is 11.7 Å². The van der Waals surface area contributed by atoms with Gasteiger partial charge in [-0.1, -0.05) is 6.07 Å². The average Bonchev–Trinajstić information content (AvgIpc) is 2.07. The van der Waals surface area contributed by atoms with E-state index in [1.54, 1.807) is 0 Å². The third-order valence-corrected chi connectivity index (χ3v) is 2.23. The van der Waals surface area contributed by atoms with Gasteiger partial charge in [-0.3, -0.25) is 0 Å². The topological polar surface area (TPSA) is 40.5 Å². The van der Waals surface area contributed by atoms with E-state index in [4.69, 9.17) is 10.2 Å². The molecular weight excluding hydrogens is 265 g/mol. The first-order valence-electron chi connectivity index (χ1n) is 3.55. The van der Waals surface area contributed by atoms with Gasteiger partial charge in [0.05, 0.1) is 4.47 Å². The Kier molecular flexibility index (Phi) is 3.06. The van der Waals surface area contributed by atoms with Crippen LogP contribution in [0.4, 0.5) is 13.2 Å². The van der Waals surface area contributed by atoms with Gasteiger partial charge in [-0.25, -0.2) is 0 Å². The fourth-order valence-corrected chi connectivity index (χ4v) is 1.28. The first-order valence-corrected chi connectivity index (χ1v) is 4.35. The van der Waals surface area contributed by atoms with E-state index >= 15 is 0 Å².